The topological polar surface area (TPSA) is 83.7 Å². The highest BCUT2D eigenvalue weighted by atomic mass is 32.2. The van der Waals surface area contributed by atoms with E-state index >= 15 is 0 Å². The van der Waals surface area contributed by atoms with Gasteiger partial charge in [-0.15, -0.1) is 0 Å². The molecule has 1 heterocycles. The number of carbonyl (C=O) groups is 3. The van der Waals surface area contributed by atoms with Gasteiger partial charge in [0.2, 0.25) is 5.91 Å². The molecule has 134 valence electrons. The molecule has 0 saturated carbocycles. The number of aryl methyl sites for hydroxylation is 2. The molecule has 1 atom stereocenters. The summed E-state index contributed by atoms with van der Waals surface area (Å²) in [6, 6.07) is 14.6. The Bertz CT molecular complexity index is 884. The van der Waals surface area contributed by atoms with Crippen molar-refractivity contribution in [2.45, 2.75) is 19.2 Å². The quantitative estimate of drug-likeness (QED) is 0.876. The Morgan fingerprint density at radius 3 is 2.38 bits per heavy atom. The minimum absolute atomic E-state index is 0.151. The minimum Gasteiger partial charge on any atom is -0.368 e. The molecule has 1 aliphatic heterocycles. The molecule has 1 saturated heterocycles. The van der Waals surface area contributed by atoms with Crippen LogP contribution in [0.4, 0.5) is 16.2 Å². The van der Waals surface area contributed by atoms with Crippen LogP contribution in [0.2, 0.25) is 0 Å². The first kappa shape index (κ1) is 18.0. The molecule has 1 aliphatic rings. The summed E-state index contributed by atoms with van der Waals surface area (Å²) < 4.78 is 0. The van der Waals surface area contributed by atoms with Gasteiger partial charge in [0.1, 0.15) is 0 Å². The number of primary amides is 1. The fourth-order valence-electron chi connectivity index (χ4n) is 2.88. The first-order valence-electron chi connectivity index (χ1n) is 8.09. The lowest BCUT2D eigenvalue weighted by Gasteiger charge is -2.27. The lowest BCUT2D eigenvalue weighted by molar-refractivity contribution is -0.117. The molecule has 26 heavy (non-hydrogen) atoms. The predicted octanol–water partition coefficient (Wildman–Crippen LogP) is 2.82. The van der Waals surface area contributed by atoms with Gasteiger partial charge in [0.05, 0.1) is 12.2 Å². The van der Waals surface area contributed by atoms with Crippen molar-refractivity contribution in [3.63, 3.8) is 0 Å². The highest BCUT2D eigenvalue weighted by Gasteiger charge is 2.44. The third kappa shape index (κ3) is 3.57. The number of hydrogen-bond acceptors (Lipinski definition) is 5. The van der Waals surface area contributed by atoms with Crippen molar-refractivity contribution in [1.29, 1.82) is 0 Å². The van der Waals surface area contributed by atoms with Crippen LogP contribution in [0.15, 0.2) is 48.5 Å². The van der Waals surface area contributed by atoms with Gasteiger partial charge in [-0.05, 0) is 61.0 Å². The standard InChI is InChI=1S/C19H19N3O3S/c1-12-5-3-7-14(9-12)21(11-16(20)23)18-17(24)22(19(25)26-18)15-8-4-6-13(2)10-15/h3-10,18H,11H2,1-2H3,(H2,20,23). The molecule has 0 spiro atoms. The number of nitrogens with zero attached hydrogens (tertiary/aromatic N) is 2. The molecule has 0 aromatic heterocycles. The number of anilines is 2. The van der Waals surface area contributed by atoms with E-state index in [1.165, 1.54) is 0 Å². The molecule has 3 amide bonds. The summed E-state index contributed by atoms with van der Waals surface area (Å²) in [5, 5.41) is -1.20. The van der Waals surface area contributed by atoms with E-state index < -0.39 is 11.3 Å². The second-order valence-electron chi connectivity index (χ2n) is 6.18. The van der Waals surface area contributed by atoms with E-state index in [1.807, 2.05) is 38.1 Å². The highest BCUT2D eigenvalue weighted by Crippen LogP contribution is 2.36. The minimum atomic E-state index is -0.836. The summed E-state index contributed by atoms with van der Waals surface area (Å²) in [7, 11) is 0. The van der Waals surface area contributed by atoms with Gasteiger partial charge in [0.25, 0.3) is 11.1 Å². The fraction of sp³-hybridized carbons (Fsp3) is 0.211. The van der Waals surface area contributed by atoms with Crippen LogP contribution in [-0.2, 0) is 9.59 Å². The maximum atomic E-state index is 13.0. The first-order valence-corrected chi connectivity index (χ1v) is 8.97. The molecule has 6 nitrogen and oxygen atoms in total. The molecule has 3 rings (SSSR count). The summed E-state index contributed by atoms with van der Waals surface area (Å²) >= 11 is 0.889. The smallest absolute Gasteiger partial charge is 0.295 e. The van der Waals surface area contributed by atoms with Crippen molar-refractivity contribution in [3.8, 4) is 0 Å². The summed E-state index contributed by atoms with van der Waals surface area (Å²) in [6.45, 7) is 3.66. The van der Waals surface area contributed by atoms with Crippen LogP contribution < -0.4 is 15.5 Å². The monoisotopic (exact) mass is 369 g/mol. The van der Waals surface area contributed by atoms with Crippen LogP contribution in [0.25, 0.3) is 0 Å². The predicted molar refractivity (Wildman–Crippen MR) is 103 cm³/mol. The lowest BCUT2D eigenvalue weighted by atomic mass is 10.2. The van der Waals surface area contributed by atoms with Gasteiger partial charge in [-0.2, -0.15) is 0 Å². The van der Waals surface area contributed by atoms with E-state index in [0.717, 1.165) is 27.8 Å². The summed E-state index contributed by atoms with van der Waals surface area (Å²) in [5.74, 6) is -0.949. The molecule has 0 aliphatic carbocycles. The molecule has 2 aromatic carbocycles. The number of rotatable bonds is 5. The Balaban J connectivity index is 1.96. The second kappa shape index (κ2) is 7.21. The largest absolute Gasteiger partial charge is 0.368 e. The summed E-state index contributed by atoms with van der Waals surface area (Å²) in [6.07, 6.45) is 0. The van der Waals surface area contributed by atoms with Crippen LogP contribution in [-0.4, -0.2) is 29.0 Å². The van der Waals surface area contributed by atoms with E-state index in [2.05, 4.69) is 0 Å². The number of thioether (sulfide) groups is 1. The highest BCUT2D eigenvalue weighted by molar-refractivity contribution is 8.16. The van der Waals surface area contributed by atoms with E-state index in [1.54, 1.807) is 29.2 Å². The zero-order chi connectivity index (χ0) is 18.8. The molecular formula is C19H19N3O3S. The van der Waals surface area contributed by atoms with Crippen LogP contribution in [0.5, 0.6) is 0 Å². The Morgan fingerprint density at radius 2 is 1.77 bits per heavy atom. The SMILES string of the molecule is Cc1cccc(N2C(=O)SC(N(CC(N)=O)c3cccc(C)c3)C2=O)c1. The summed E-state index contributed by atoms with van der Waals surface area (Å²) in [5.41, 5.74) is 8.51. The average molecular weight is 369 g/mol. The van der Waals surface area contributed by atoms with Crippen molar-refractivity contribution >= 4 is 40.2 Å². The summed E-state index contributed by atoms with van der Waals surface area (Å²) in [4.78, 5) is 39.8. The van der Waals surface area contributed by atoms with Gasteiger partial charge >= 0.3 is 0 Å². The zero-order valence-electron chi connectivity index (χ0n) is 14.5. The van der Waals surface area contributed by atoms with Crippen molar-refractivity contribution in [2.24, 2.45) is 5.73 Å². The number of hydrogen-bond donors (Lipinski definition) is 1. The molecule has 1 fully saturated rings. The molecule has 0 radical (unpaired) electrons. The van der Waals surface area contributed by atoms with Crippen molar-refractivity contribution in [1.82, 2.24) is 0 Å². The van der Waals surface area contributed by atoms with Gasteiger partial charge in [0, 0.05) is 5.69 Å². The van der Waals surface area contributed by atoms with E-state index in [-0.39, 0.29) is 17.7 Å². The van der Waals surface area contributed by atoms with Crippen molar-refractivity contribution < 1.29 is 14.4 Å². The molecular weight excluding hydrogens is 350 g/mol. The van der Waals surface area contributed by atoms with Crippen LogP contribution >= 0.6 is 11.8 Å². The van der Waals surface area contributed by atoms with Crippen LogP contribution in [0.3, 0.4) is 0 Å². The molecule has 1 unspecified atom stereocenters. The third-order valence-corrected chi connectivity index (χ3v) is 5.09. The number of carbonyl (C=O) groups excluding carboxylic acids is 3. The number of benzene rings is 2. The Kier molecular flexibility index (Phi) is 4.99. The van der Waals surface area contributed by atoms with Crippen molar-refractivity contribution in [3.05, 3.63) is 59.7 Å². The van der Waals surface area contributed by atoms with Gasteiger partial charge in [-0.1, -0.05) is 24.3 Å². The van der Waals surface area contributed by atoms with Gasteiger partial charge in [-0.25, -0.2) is 4.90 Å². The van der Waals surface area contributed by atoms with E-state index in [4.69, 9.17) is 5.73 Å². The zero-order valence-corrected chi connectivity index (χ0v) is 15.3. The average Bonchev–Trinajstić information content (AvgIpc) is 2.87. The Morgan fingerprint density at radius 1 is 1.12 bits per heavy atom. The second-order valence-corrected chi connectivity index (χ2v) is 7.21. The van der Waals surface area contributed by atoms with Crippen molar-refractivity contribution in [2.75, 3.05) is 16.3 Å². The number of imide groups is 1. The molecule has 2 N–H and O–H groups in total. The van der Waals surface area contributed by atoms with Gasteiger partial charge in [0.15, 0.2) is 5.37 Å². The molecule has 2 aromatic rings. The molecule has 0 bridgehead atoms. The van der Waals surface area contributed by atoms with Gasteiger partial charge in [-0.3, -0.25) is 14.4 Å². The maximum absolute atomic E-state index is 13.0. The van der Waals surface area contributed by atoms with Crippen LogP contribution in [0.1, 0.15) is 11.1 Å². The maximum Gasteiger partial charge on any atom is 0.295 e. The van der Waals surface area contributed by atoms with E-state index in [0.29, 0.717) is 11.4 Å². The molecule has 7 heteroatoms. The third-order valence-electron chi connectivity index (χ3n) is 4.03. The number of nitrogens with two attached hydrogens (primary N) is 1. The van der Waals surface area contributed by atoms with Crippen LogP contribution in [0, 0.1) is 13.8 Å². The Labute approximate surface area is 156 Å². The normalized spacial score (nSPS) is 16.8. The Hall–Kier alpha value is -2.80. The first-order chi connectivity index (χ1) is 12.4. The van der Waals surface area contributed by atoms with E-state index in [9.17, 15) is 14.4 Å². The fourth-order valence-corrected chi connectivity index (χ4v) is 3.90. The van der Waals surface area contributed by atoms with Gasteiger partial charge < -0.3 is 10.6 Å². The lowest BCUT2D eigenvalue weighted by Crippen LogP contribution is -2.45. The number of amides is 3.